The molecule has 0 aliphatic rings. The lowest BCUT2D eigenvalue weighted by atomic mass is 10.3. The van der Waals surface area contributed by atoms with Crippen LogP contribution in [0.2, 0.25) is 0 Å². The van der Waals surface area contributed by atoms with Crippen molar-refractivity contribution in [3.05, 3.63) is 12.7 Å². The Morgan fingerprint density at radius 3 is 2.24 bits per heavy atom. The van der Waals surface area contributed by atoms with Crippen molar-refractivity contribution < 1.29 is 27.5 Å². The number of hydrogen-bond donors (Lipinski definition) is 0. The molecule has 0 aliphatic carbocycles. The first-order valence-electron chi connectivity index (χ1n) is 4.94. The van der Waals surface area contributed by atoms with E-state index in [1.807, 2.05) is 13.8 Å². The van der Waals surface area contributed by atoms with Crippen molar-refractivity contribution in [1.29, 1.82) is 0 Å². The lowest BCUT2D eigenvalue weighted by molar-refractivity contribution is -0.211. The first kappa shape index (κ1) is 18.3. The van der Waals surface area contributed by atoms with Gasteiger partial charge in [-0.05, 0) is 0 Å². The molecule has 0 spiro atoms. The van der Waals surface area contributed by atoms with Gasteiger partial charge in [-0.25, -0.2) is 5.06 Å². The number of amides is 1. The Morgan fingerprint density at radius 2 is 1.94 bits per heavy atom. The van der Waals surface area contributed by atoms with Crippen LogP contribution in [0.4, 0.5) is 13.2 Å². The highest BCUT2D eigenvalue weighted by Gasteiger charge is 2.38. The van der Waals surface area contributed by atoms with E-state index in [0.29, 0.717) is 6.08 Å². The van der Waals surface area contributed by atoms with E-state index in [2.05, 4.69) is 16.2 Å². The van der Waals surface area contributed by atoms with E-state index in [-0.39, 0.29) is 0 Å². The highest BCUT2D eigenvalue weighted by atomic mass is 19.4. The third-order valence-electron chi connectivity index (χ3n) is 1.55. The predicted octanol–water partition coefficient (Wildman–Crippen LogP) is 2.17. The van der Waals surface area contributed by atoms with Gasteiger partial charge in [0.05, 0.1) is 7.11 Å². The molecule has 0 radical (unpaired) electrons. The molecule has 0 heterocycles. The molecule has 102 valence electrons. The molecular weight excluding hydrogens is 239 g/mol. The minimum Gasteiger partial charge on any atom is -0.355 e. The molecule has 0 saturated carbocycles. The first-order chi connectivity index (χ1) is 7.82. The van der Waals surface area contributed by atoms with Crippen LogP contribution >= 0.6 is 0 Å². The maximum Gasteiger partial charge on any atom is 0.418 e. The average Bonchev–Trinajstić information content (AvgIpc) is 2.29. The number of hydrogen-bond acceptors (Lipinski definition) is 3. The molecule has 4 nitrogen and oxygen atoms in total. The van der Waals surface area contributed by atoms with Gasteiger partial charge in [0, 0.05) is 7.05 Å². The van der Waals surface area contributed by atoms with Crippen LogP contribution in [0.5, 0.6) is 0 Å². The maximum absolute atomic E-state index is 12.1. The highest BCUT2D eigenvalue weighted by Crippen LogP contribution is 2.23. The molecule has 17 heavy (non-hydrogen) atoms. The van der Waals surface area contributed by atoms with Crippen molar-refractivity contribution in [2.75, 3.05) is 20.8 Å². The normalized spacial score (nSPS) is 12.2. The number of carbonyl (C=O) groups is 1. The summed E-state index contributed by atoms with van der Waals surface area (Å²) < 4.78 is 40.6. The Kier molecular flexibility index (Phi) is 9.69. The lowest BCUT2D eigenvalue weighted by Gasteiger charge is -2.19. The number of ether oxygens (including phenoxy) is 1. The third kappa shape index (κ3) is 7.76. The monoisotopic (exact) mass is 257 g/mol. The van der Waals surface area contributed by atoms with Gasteiger partial charge in [-0.1, -0.05) is 19.9 Å². The summed E-state index contributed by atoms with van der Waals surface area (Å²) >= 11 is 0. The van der Waals surface area contributed by atoms with Crippen LogP contribution < -0.4 is 0 Å². The van der Waals surface area contributed by atoms with E-state index >= 15 is 0 Å². The van der Waals surface area contributed by atoms with Crippen LogP contribution in [-0.2, 0) is 14.4 Å². The van der Waals surface area contributed by atoms with E-state index in [4.69, 9.17) is 0 Å². The molecule has 1 atom stereocenters. The van der Waals surface area contributed by atoms with Crippen molar-refractivity contribution in [2.24, 2.45) is 0 Å². The summed E-state index contributed by atoms with van der Waals surface area (Å²) in [6.07, 6.45) is -6.12. The molecule has 0 fully saturated rings. The summed E-state index contributed by atoms with van der Waals surface area (Å²) in [5.41, 5.74) is 0. The Labute approximate surface area is 98.9 Å². The Hall–Kier alpha value is -1.08. The molecule has 1 amide bonds. The number of rotatable bonds is 5. The van der Waals surface area contributed by atoms with Gasteiger partial charge in [-0.2, -0.15) is 13.2 Å². The van der Waals surface area contributed by atoms with E-state index in [1.54, 1.807) is 0 Å². The van der Waals surface area contributed by atoms with Crippen LogP contribution in [-0.4, -0.2) is 44.0 Å². The molecular formula is C10H18F3NO3. The summed E-state index contributed by atoms with van der Waals surface area (Å²) in [6, 6.07) is 0. The molecule has 0 bridgehead atoms. The molecule has 0 aromatic heterocycles. The SMILES string of the molecule is C=CC(OCC(=O)N(C)OC)C(F)(F)F.CC. The quantitative estimate of drug-likeness (QED) is 0.559. The smallest absolute Gasteiger partial charge is 0.355 e. The molecule has 7 heteroatoms. The van der Waals surface area contributed by atoms with Crippen molar-refractivity contribution in [3.8, 4) is 0 Å². The van der Waals surface area contributed by atoms with E-state index in [0.717, 1.165) is 5.06 Å². The number of halogens is 3. The number of hydroxylamine groups is 2. The molecule has 0 N–H and O–H groups in total. The molecule has 0 rings (SSSR count). The molecule has 0 saturated heterocycles. The van der Waals surface area contributed by atoms with Gasteiger partial charge in [0.15, 0.2) is 6.10 Å². The minimum atomic E-state index is -4.56. The fraction of sp³-hybridized carbons (Fsp3) is 0.700. The zero-order valence-electron chi connectivity index (χ0n) is 10.4. The van der Waals surface area contributed by atoms with E-state index in [9.17, 15) is 18.0 Å². The number of alkyl halides is 3. The van der Waals surface area contributed by atoms with Crippen molar-refractivity contribution in [3.63, 3.8) is 0 Å². The number of nitrogens with zero attached hydrogens (tertiary/aromatic N) is 1. The largest absolute Gasteiger partial charge is 0.418 e. The van der Waals surface area contributed by atoms with Crippen LogP contribution in [0.25, 0.3) is 0 Å². The van der Waals surface area contributed by atoms with Crippen LogP contribution in [0.1, 0.15) is 13.8 Å². The van der Waals surface area contributed by atoms with Gasteiger partial charge in [-0.15, -0.1) is 6.58 Å². The Bertz CT molecular complexity index is 231. The summed E-state index contributed by atoms with van der Waals surface area (Å²) in [6.45, 7) is 6.25. The maximum atomic E-state index is 12.1. The fourth-order valence-corrected chi connectivity index (χ4v) is 0.650. The number of likely N-dealkylation sites (N-methyl/N-ethyl adjacent to an activating group) is 1. The summed E-state index contributed by atoms with van der Waals surface area (Å²) in [7, 11) is 2.48. The Morgan fingerprint density at radius 1 is 1.47 bits per heavy atom. The standard InChI is InChI=1S/C8H12F3NO3.C2H6/c1-4-6(8(9,10)11)15-5-7(13)12(2)14-3;1-2/h4,6H,1,5H2,2-3H3;1-2H3. The van der Waals surface area contributed by atoms with Crippen LogP contribution in [0.15, 0.2) is 12.7 Å². The highest BCUT2D eigenvalue weighted by molar-refractivity contribution is 5.76. The van der Waals surface area contributed by atoms with Gasteiger partial charge in [-0.3, -0.25) is 9.63 Å². The average molecular weight is 257 g/mol. The van der Waals surface area contributed by atoms with E-state index < -0.39 is 24.8 Å². The van der Waals surface area contributed by atoms with Crippen molar-refractivity contribution in [2.45, 2.75) is 26.1 Å². The fourth-order valence-electron chi connectivity index (χ4n) is 0.650. The molecule has 0 aromatic carbocycles. The van der Waals surface area contributed by atoms with E-state index in [1.165, 1.54) is 14.2 Å². The summed E-state index contributed by atoms with van der Waals surface area (Å²) in [4.78, 5) is 15.5. The summed E-state index contributed by atoms with van der Waals surface area (Å²) in [5, 5.41) is 0.774. The van der Waals surface area contributed by atoms with Gasteiger partial charge in [0.2, 0.25) is 0 Å². The Balaban J connectivity index is 0. The summed E-state index contributed by atoms with van der Waals surface area (Å²) in [5.74, 6) is -0.714. The third-order valence-corrected chi connectivity index (χ3v) is 1.55. The van der Waals surface area contributed by atoms with Crippen molar-refractivity contribution in [1.82, 2.24) is 5.06 Å². The van der Waals surface area contributed by atoms with Gasteiger partial charge >= 0.3 is 6.18 Å². The molecule has 0 aliphatic heterocycles. The second-order valence-electron chi connectivity index (χ2n) is 2.58. The zero-order valence-corrected chi connectivity index (χ0v) is 10.4. The topological polar surface area (TPSA) is 38.8 Å². The van der Waals surface area contributed by atoms with Gasteiger partial charge in [0.1, 0.15) is 6.61 Å². The first-order valence-corrected chi connectivity index (χ1v) is 4.94. The second kappa shape index (κ2) is 9.00. The zero-order chi connectivity index (χ0) is 14.1. The van der Waals surface area contributed by atoms with Gasteiger partial charge < -0.3 is 4.74 Å². The second-order valence-corrected chi connectivity index (χ2v) is 2.58. The molecule has 1 unspecified atom stereocenters. The number of carbonyl (C=O) groups excluding carboxylic acids is 1. The van der Waals surface area contributed by atoms with Crippen LogP contribution in [0.3, 0.4) is 0 Å². The van der Waals surface area contributed by atoms with Crippen LogP contribution in [0, 0.1) is 0 Å². The predicted molar refractivity (Wildman–Crippen MR) is 57.1 cm³/mol. The lowest BCUT2D eigenvalue weighted by Crippen LogP contribution is -2.35. The van der Waals surface area contributed by atoms with Gasteiger partial charge in [0.25, 0.3) is 5.91 Å². The molecule has 0 aromatic rings. The van der Waals surface area contributed by atoms with Crippen molar-refractivity contribution >= 4 is 5.91 Å². The minimum absolute atomic E-state index is 0.583.